The fourth-order valence-electron chi connectivity index (χ4n) is 6.25. The lowest BCUT2D eigenvalue weighted by molar-refractivity contribution is -0.142. The van der Waals surface area contributed by atoms with Gasteiger partial charge in [0.25, 0.3) is 0 Å². The number of nitrogens with zero attached hydrogens (tertiary/aromatic N) is 1. The molecule has 2 aliphatic heterocycles. The van der Waals surface area contributed by atoms with Gasteiger partial charge in [-0.3, -0.25) is 9.69 Å². The molecule has 4 nitrogen and oxygen atoms in total. The van der Waals surface area contributed by atoms with Gasteiger partial charge in [0, 0.05) is 30.1 Å². The summed E-state index contributed by atoms with van der Waals surface area (Å²) in [5.41, 5.74) is 0.358. The van der Waals surface area contributed by atoms with Crippen LogP contribution >= 0.6 is 11.6 Å². The molecule has 0 radical (unpaired) electrons. The molecule has 1 saturated heterocycles. The molecule has 0 aromatic heterocycles. The van der Waals surface area contributed by atoms with Crippen molar-refractivity contribution in [1.82, 2.24) is 4.90 Å². The highest BCUT2D eigenvalue weighted by molar-refractivity contribution is 6.31. The van der Waals surface area contributed by atoms with Crippen molar-refractivity contribution >= 4 is 17.6 Å². The number of piperidine rings is 1. The molecule has 2 fully saturated rings. The minimum Gasteiger partial charge on any atom is -0.484 e. The van der Waals surface area contributed by atoms with Crippen LogP contribution in [0.15, 0.2) is 30.3 Å². The number of fused-ring (bicyclic) bond motifs is 1. The number of alkyl halides is 3. The summed E-state index contributed by atoms with van der Waals surface area (Å²) in [6.45, 7) is 4.64. The topological polar surface area (TPSA) is 49.8 Å². The summed E-state index contributed by atoms with van der Waals surface area (Å²) in [5, 5.41) is 9.92. The van der Waals surface area contributed by atoms with E-state index in [4.69, 9.17) is 16.3 Å². The third-order valence-electron chi connectivity index (χ3n) is 8.82. The Morgan fingerprint density at radius 2 is 1.79 bits per heavy atom. The van der Waals surface area contributed by atoms with Crippen LogP contribution in [0.1, 0.15) is 80.2 Å². The Balaban J connectivity index is 1.33. The smallest absolute Gasteiger partial charge is 0.416 e. The summed E-state index contributed by atoms with van der Waals surface area (Å²) in [4.78, 5) is 13.8. The zero-order chi connectivity index (χ0) is 27.4. The molecule has 3 atom stereocenters. The van der Waals surface area contributed by atoms with Gasteiger partial charge in [-0.15, -0.1) is 0 Å². The second-order valence-corrected chi connectivity index (χ2v) is 11.6. The summed E-state index contributed by atoms with van der Waals surface area (Å²) in [7, 11) is 0. The van der Waals surface area contributed by atoms with Crippen LogP contribution in [-0.2, 0) is 17.4 Å². The van der Waals surface area contributed by atoms with Gasteiger partial charge in [0.1, 0.15) is 5.60 Å². The molecule has 9 heteroatoms. The Morgan fingerprint density at radius 1 is 1.11 bits per heavy atom. The number of aliphatic carboxylic acids is 1. The van der Waals surface area contributed by atoms with Crippen molar-refractivity contribution in [2.45, 2.75) is 76.1 Å². The van der Waals surface area contributed by atoms with Crippen molar-refractivity contribution < 1.29 is 32.2 Å². The number of carbonyl (C=O) groups is 1. The highest BCUT2D eigenvalue weighted by Crippen LogP contribution is 2.50. The Bertz CT molecular complexity index is 1220. The van der Waals surface area contributed by atoms with Crippen LogP contribution in [0.4, 0.5) is 17.6 Å². The first-order valence-electron chi connectivity index (χ1n) is 13.2. The maximum Gasteiger partial charge on any atom is 0.416 e. The predicted molar refractivity (Wildman–Crippen MR) is 136 cm³/mol. The average Bonchev–Trinajstić information content (AvgIpc) is 3.71. The normalized spacial score (nSPS) is 21.9. The molecule has 206 valence electrons. The number of halogens is 5. The van der Waals surface area contributed by atoms with Gasteiger partial charge < -0.3 is 9.84 Å². The number of aryl methyl sites for hydroxylation is 1. The highest BCUT2D eigenvalue weighted by Gasteiger charge is 2.44. The second-order valence-electron chi connectivity index (χ2n) is 11.2. The van der Waals surface area contributed by atoms with Gasteiger partial charge in [-0.05, 0) is 86.3 Å². The van der Waals surface area contributed by atoms with Gasteiger partial charge in [-0.25, -0.2) is 4.39 Å². The molecule has 1 spiro atoms. The van der Waals surface area contributed by atoms with Gasteiger partial charge in [-0.2, -0.15) is 13.2 Å². The van der Waals surface area contributed by atoms with Gasteiger partial charge in [0.2, 0.25) is 0 Å². The Labute approximate surface area is 224 Å². The van der Waals surface area contributed by atoms with Crippen molar-refractivity contribution in [3.63, 3.8) is 0 Å². The number of hydrogen-bond acceptors (Lipinski definition) is 3. The van der Waals surface area contributed by atoms with Crippen LogP contribution in [0.25, 0.3) is 0 Å². The summed E-state index contributed by atoms with van der Waals surface area (Å²) >= 11 is 6.29. The molecule has 0 amide bonds. The molecular formula is C29H32ClF4NO3. The van der Waals surface area contributed by atoms with E-state index >= 15 is 4.39 Å². The molecule has 0 bridgehead atoms. The molecule has 2 aromatic carbocycles. The van der Waals surface area contributed by atoms with Gasteiger partial charge in [-0.1, -0.05) is 30.7 Å². The number of carboxylic acid groups (broad SMARTS) is 1. The Morgan fingerprint density at radius 3 is 2.39 bits per heavy atom. The van der Waals surface area contributed by atoms with Crippen LogP contribution in [0.5, 0.6) is 5.75 Å². The maximum atomic E-state index is 15.9. The van der Waals surface area contributed by atoms with E-state index in [2.05, 4.69) is 4.90 Å². The zero-order valence-corrected chi connectivity index (χ0v) is 22.2. The SMILES string of the molecule is CC(c1cc(C(F)(F)F)ccc1Cl)N1CCC2(CCc3ccc([C@H](C4CC4)[C@H](C)C(=O)O)c(F)c3O2)CC1. The first-order chi connectivity index (χ1) is 17.9. The number of ether oxygens (including phenoxy) is 1. The van der Waals surface area contributed by atoms with Crippen LogP contribution in [0.3, 0.4) is 0 Å². The fourth-order valence-corrected chi connectivity index (χ4v) is 6.53. The largest absolute Gasteiger partial charge is 0.484 e. The number of carboxylic acids is 1. The third-order valence-corrected chi connectivity index (χ3v) is 9.17. The van der Waals surface area contributed by atoms with E-state index in [0.29, 0.717) is 48.5 Å². The van der Waals surface area contributed by atoms with E-state index in [9.17, 15) is 23.1 Å². The maximum absolute atomic E-state index is 15.9. The number of hydrogen-bond donors (Lipinski definition) is 1. The minimum atomic E-state index is -4.45. The van der Waals surface area contributed by atoms with E-state index in [1.54, 1.807) is 13.0 Å². The molecule has 2 aromatic rings. The third kappa shape index (κ3) is 5.14. The van der Waals surface area contributed by atoms with E-state index in [1.807, 2.05) is 13.0 Å². The Kier molecular flexibility index (Phi) is 7.18. The van der Waals surface area contributed by atoms with Gasteiger partial charge in [0.15, 0.2) is 11.6 Å². The van der Waals surface area contributed by atoms with Crippen molar-refractivity contribution in [2.24, 2.45) is 11.8 Å². The lowest BCUT2D eigenvalue weighted by Gasteiger charge is -2.46. The monoisotopic (exact) mass is 553 g/mol. The summed E-state index contributed by atoms with van der Waals surface area (Å²) in [6.07, 6.45) is -0.0602. The van der Waals surface area contributed by atoms with Crippen LogP contribution < -0.4 is 4.74 Å². The van der Waals surface area contributed by atoms with E-state index in [-0.39, 0.29) is 23.6 Å². The van der Waals surface area contributed by atoms with E-state index < -0.39 is 35.0 Å². The molecule has 3 aliphatic rings. The quantitative estimate of drug-likeness (QED) is 0.374. The highest BCUT2D eigenvalue weighted by atomic mass is 35.5. The average molecular weight is 554 g/mol. The van der Waals surface area contributed by atoms with Gasteiger partial charge >= 0.3 is 12.1 Å². The number of rotatable bonds is 6. The van der Waals surface area contributed by atoms with Crippen LogP contribution in [-0.4, -0.2) is 34.7 Å². The fraction of sp³-hybridized carbons (Fsp3) is 0.552. The molecule has 38 heavy (non-hydrogen) atoms. The predicted octanol–water partition coefficient (Wildman–Crippen LogP) is 7.63. The molecule has 1 unspecified atom stereocenters. The van der Waals surface area contributed by atoms with E-state index in [1.165, 1.54) is 6.07 Å². The number of benzene rings is 2. The lowest BCUT2D eigenvalue weighted by atomic mass is 9.79. The zero-order valence-electron chi connectivity index (χ0n) is 21.5. The number of likely N-dealkylation sites (tertiary alicyclic amines) is 1. The molecule has 2 heterocycles. The van der Waals surface area contributed by atoms with E-state index in [0.717, 1.165) is 37.0 Å². The van der Waals surface area contributed by atoms with Crippen LogP contribution in [0.2, 0.25) is 5.02 Å². The summed E-state index contributed by atoms with van der Waals surface area (Å²) < 4.78 is 62.2. The van der Waals surface area contributed by atoms with Crippen molar-refractivity contribution in [2.75, 3.05) is 13.1 Å². The first-order valence-corrected chi connectivity index (χ1v) is 13.6. The first kappa shape index (κ1) is 27.3. The summed E-state index contributed by atoms with van der Waals surface area (Å²) in [6, 6.07) is 6.70. The van der Waals surface area contributed by atoms with Crippen LogP contribution in [0, 0.1) is 17.7 Å². The molecule has 1 aliphatic carbocycles. The van der Waals surface area contributed by atoms with Crippen molar-refractivity contribution in [3.05, 3.63) is 63.4 Å². The summed E-state index contributed by atoms with van der Waals surface area (Å²) in [5.74, 6) is -2.06. The standard InChI is InChI=1S/C29H32ClF4NO3/c1-16(27(36)37)24(18-3-4-18)21-7-5-19-9-10-28(38-26(19)25(21)31)11-13-35(14-12-28)17(2)22-15-20(29(32,33)34)6-8-23(22)30/h5-8,15-18,24H,3-4,9-14H2,1-2H3,(H,36,37)/t16-,17?,24-/m0/s1. The van der Waals surface area contributed by atoms with Gasteiger partial charge in [0.05, 0.1) is 11.5 Å². The Hall–Kier alpha value is -2.32. The van der Waals surface area contributed by atoms with Crippen molar-refractivity contribution in [3.8, 4) is 5.75 Å². The molecule has 1 N–H and O–H groups in total. The molecular weight excluding hydrogens is 522 g/mol. The lowest BCUT2D eigenvalue weighted by Crippen LogP contribution is -2.50. The minimum absolute atomic E-state index is 0.165. The second kappa shape index (κ2) is 10.0. The van der Waals surface area contributed by atoms with Crippen molar-refractivity contribution in [1.29, 1.82) is 0 Å². The molecule has 1 saturated carbocycles. The molecule has 5 rings (SSSR count).